The van der Waals surface area contributed by atoms with Crippen LogP contribution in [-0.4, -0.2) is 5.10 Å². The van der Waals surface area contributed by atoms with Gasteiger partial charge in [0.15, 0.2) is 7.05 Å². The van der Waals surface area contributed by atoms with Crippen molar-refractivity contribution in [1.29, 1.82) is 0 Å². The van der Waals surface area contributed by atoms with E-state index >= 15 is 0 Å². The Morgan fingerprint density at radius 1 is 0.941 bits per heavy atom. The van der Waals surface area contributed by atoms with E-state index in [0.717, 1.165) is 51.4 Å². The van der Waals surface area contributed by atoms with Crippen LogP contribution in [0.3, 0.4) is 0 Å². The molecule has 0 saturated heterocycles. The highest BCUT2D eigenvalue weighted by molar-refractivity contribution is 6.19. The molecule has 3 heteroatoms. The maximum absolute atomic E-state index is 8.39. The lowest BCUT2D eigenvalue weighted by Gasteiger charge is -2.42. The lowest BCUT2D eigenvalue weighted by Crippen LogP contribution is -2.35. The Balaban J connectivity index is 1.87. The van der Waals surface area contributed by atoms with Gasteiger partial charge in [-0.1, -0.05) is 56.6 Å². The van der Waals surface area contributed by atoms with Crippen LogP contribution in [0.5, 0.6) is 0 Å². The van der Waals surface area contributed by atoms with Gasteiger partial charge in [0.25, 0.3) is 0 Å². The summed E-state index contributed by atoms with van der Waals surface area (Å²) in [5, 5.41) is 8.20. The summed E-state index contributed by atoms with van der Waals surface area (Å²) >= 11 is 0. The monoisotopic (exact) mass is 452 g/mol. The van der Waals surface area contributed by atoms with Crippen LogP contribution in [0.15, 0.2) is 53.1 Å². The first-order valence-electron chi connectivity index (χ1n) is 13.6. The normalized spacial score (nSPS) is 18.6. The molecule has 0 unspecified atom stereocenters. The average molecular weight is 453 g/mol. The summed E-state index contributed by atoms with van der Waals surface area (Å²) in [6.07, 6.45) is 3.95. The minimum Gasteiger partial charge on any atom is -0.454 e. The van der Waals surface area contributed by atoms with Crippen molar-refractivity contribution in [2.75, 3.05) is 0 Å². The largest absolute Gasteiger partial charge is 0.454 e. The van der Waals surface area contributed by atoms with Crippen LogP contribution in [-0.2, 0) is 17.9 Å². The van der Waals surface area contributed by atoms with Crippen LogP contribution in [0.1, 0.15) is 66.9 Å². The summed E-state index contributed by atoms with van der Waals surface area (Å²) in [6, 6.07) is 14.4. The van der Waals surface area contributed by atoms with Crippen LogP contribution in [0, 0.1) is 13.8 Å². The summed E-state index contributed by atoms with van der Waals surface area (Å²) in [7, 11) is 1.90. The Morgan fingerprint density at radius 2 is 1.71 bits per heavy atom. The van der Waals surface area contributed by atoms with Crippen molar-refractivity contribution in [3.8, 4) is 11.3 Å². The van der Waals surface area contributed by atoms with Crippen molar-refractivity contribution >= 4 is 32.7 Å². The van der Waals surface area contributed by atoms with Crippen molar-refractivity contribution in [3.05, 3.63) is 70.9 Å². The number of benzene rings is 3. The molecule has 3 nitrogen and oxygen atoms in total. The molecular formula is C31H33N2O+. The molecule has 0 bridgehead atoms. The number of hydrogen-bond acceptors (Lipinski definition) is 2. The molecule has 3 aromatic carbocycles. The molecule has 2 heterocycles. The molecule has 5 aromatic rings. The summed E-state index contributed by atoms with van der Waals surface area (Å²) in [6.45, 7) is 8.96. The van der Waals surface area contributed by atoms with Crippen LogP contribution >= 0.6 is 0 Å². The molecule has 0 radical (unpaired) electrons. The van der Waals surface area contributed by atoms with Gasteiger partial charge in [-0.05, 0) is 82.3 Å². The van der Waals surface area contributed by atoms with E-state index in [-0.39, 0.29) is 10.8 Å². The quantitative estimate of drug-likeness (QED) is 0.245. The number of hydrogen-bond donors (Lipinski definition) is 0. The van der Waals surface area contributed by atoms with Gasteiger partial charge < -0.3 is 4.42 Å². The summed E-state index contributed by atoms with van der Waals surface area (Å²) in [5.41, 5.74) is 7.05. The van der Waals surface area contributed by atoms with Gasteiger partial charge in [0.2, 0.25) is 5.69 Å². The Kier molecular flexibility index (Phi) is 3.69. The topological polar surface area (TPSA) is 29.9 Å². The molecule has 0 aliphatic heterocycles. The van der Waals surface area contributed by atoms with E-state index in [9.17, 15) is 0 Å². The second kappa shape index (κ2) is 6.91. The maximum Gasteiger partial charge on any atom is 0.242 e. The predicted molar refractivity (Wildman–Crippen MR) is 140 cm³/mol. The lowest BCUT2D eigenvalue weighted by molar-refractivity contribution is -0.720. The van der Waals surface area contributed by atoms with E-state index in [2.05, 4.69) is 51.0 Å². The average Bonchev–Trinajstić information content (AvgIpc) is 3.20. The van der Waals surface area contributed by atoms with Gasteiger partial charge in [0, 0.05) is 26.3 Å². The molecule has 0 fully saturated rings. The van der Waals surface area contributed by atoms with Crippen LogP contribution in [0.2, 0.25) is 0 Å². The summed E-state index contributed by atoms with van der Waals surface area (Å²) < 4.78 is 33.8. The van der Waals surface area contributed by atoms with Gasteiger partial charge in [-0.2, -0.15) is 0 Å². The first-order chi connectivity index (χ1) is 17.3. The molecule has 1 aliphatic carbocycles. The molecule has 0 saturated carbocycles. The smallest absolute Gasteiger partial charge is 0.242 e. The predicted octanol–water partition coefficient (Wildman–Crippen LogP) is 7.59. The third kappa shape index (κ3) is 2.82. The van der Waals surface area contributed by atoms with Crippen molar-refractivity contribution in [2.24, 2.45) is 7.05 Å². The third-order valence-corrected chi connectivity index (χ3v) is 8.06. The Labute approximate surface area is 205 Å². The summed E-state index contributed by atoms with van der Waals surface area (Å²) in [4.78, 5) is 0. The zero-order valence-electron chi connectivity index (χ0n) is 23.8. The van der Waals surface area contributed by atoms with Crippen molar-refractivity contribution in [2.45, 2.75) is 65.1 Å². The number of nitrogens with zero attached hydrogens (tertiary/aromatic N) is 2. The molecule has 0 amide bonds. The molecule has 0 atom stereocenters. The molecule has 6 rings (SSSR count). The first kappa shape index (κ1) is 18.2. The standard InChI is InChI=1S/C31H33N2O/c1-18-17-19(2)25(23-9-8-16-32-33(23)7)29-24(18)21-12-10-20-11-13-22-27(26(20)28(21)34-29)31(5,6)15-14-30(22,3)4/h8-13,16-17H,14-15H2,1-7H3/q+1/i1D3. The minimum atomic E-state index is -2.28. The van der Waals surface area contributed by atoms with Gasteiger partial charge in [-0.25, -0.2) is 0 Å². The fourth-order valence-corrected chi connectivity index (χ4v) is 6.11. The summed E-state index contributed by atoms with van der Waals surface area (Å²) in [5.74, 6) is 0. The fraction of sp³-hybridized carbons (Fsp3) is 0.355. The number of furan rings is 1. The molecular weight excluding hydrogens is 416 g/mol. The number of fused-ring (bicyclic) bond motifs is 7. The fourth-order valence-electron chi connectivity index (χ4n) is 6.11. The number of aromatic nitrogens is 2. The Morgan fingerprint density at radius 3 is 2.47 bits per heavy atom. The zero-order chi connectivity index (χ0) is 26.5. The number of aryl methyl sites for hydroxylation is 3. The highest BCUT2D eigenvalue weighted by Crippen LogP contribution is 2.51. The van der Waals surface area contributed by atoms with E-state index in [0.29, 0.717) is 16.5 Å². The third-order valence-electron chi connectivity index (χ3n) is 8.06. The maximum atomic E-state index is 8.39. The Hall–Kier alpha value is -3.20. The minimum absolute atomic E-state index is 0.0288. The first-order valence-corrected chi connectivity index (χ1v) is 12.1. The van der Waals surface area contributed by atoms with Gasteiger partial charge in [0.1, 0.15) is 11.2 Å². The van der Waals surface area contributed by atoms with Crippen LogP contribution in [0.4, 0.5) is 0 Å². The molecule has 2 aromatic heterocycles. The SMILES string of the molecule is [2H]C([2H])([2H])c1cc(C)c(-c2cccn[n+]2C)c2oc3c(ccc4ccc5c(c43)C(C)(C)CCC5(C)C)c12. The molecule has 34 heavy (non-hydrogen) atoms. The van der Waals surface area contributed by atoms with E-state index in [1.165, 1.54) is 11.1 Å². The molecule has 0 N–H and O–H groups in total. The van der Waals surface area contributed by atoms with Gasteiger partial charge >= 0.3 is 0 Å². The zero-order valence-corrected chi connectivity index (χ0v) is 20.8. The van der Waals surface area contributed by atoms with Gasteiger partial charge in [0.05, 0.1) is 11.8 Å². The van der Waals surface area contributed by atoms with Crippen LogP contribution in [0.25, 0.3) is 44.0 Å². The van der Waals surface area contributed by atoms with Crippen molar-refractivity contribution in [3.63, 3.8) is 0 Å². The van der Waals surface area contributed by atoms with E-state index < -0.39 is 6.85 Å². The molecule has 1 aliphatic rings. The molecule has 172 valence electrons. The van der Waals surface area contributed by atoms with Gasteiger partial charge in [-0.3, -0.25) is 0 Å². The van der Waals surface area contributed by atoms with Crippen molar-refractivity contribution in [1.82, 2.24) is 5.10 Å². The second-order valence-electron chi connectivity index (χ2n) is 11.3. The second-order valence-corrected chi connectivity index (χ2v) is 11.3. The highest BCUT2D eigenvalue weighted by atomic mass is 16.3. The molecule has 0 spiro atoms. The highest BCUT2D eigenvalue weighted by Gasteiger charge is 2.39. The number of rotatable bonds is 1. The van der Waals surface area contributed by atoms with E-state index in [1.807, 2.05) is 42.9 Å². The van der Waals surface area contributed by atoms with Gasteiger partial charge in [-0.15, -0.1) is 0 Å². The van der Waals surface area contributed by atoms with Crippen LogP contribution < -0.4 is 4.68 Å². The van der Waals surface area contributed by atoms with E-state index in [4.69, 9.17) is 8.53 Å². The lowest BCUT2D eigenvalue weighted by atomic mass is 9.62. The van der Waals surface area contributed by atoms with E-state index in [1.54, 1.807) is 6.20 Å². The Bertz CT molecular complexity index is 1740. The van der Waals surface area contributed by atoms with Crippen molar-refractivity contribution < 1.29 is 13.2 Å².